The van der Waals surface area contributed by atoms with Crippen molar-refractivity contribution in [1.82, 2.24) is 4.90 Å². The number of anilines is 1. The minimum atomic E-state index is 0.627. The second-order valence-corrected chi connectivity index (χ2v) is 5.09. The molecule has 0 saturated carbocycles. The Labute approximate surface area is 99.0 Å². The van der Waals surface area contributed by atoms with E-state index in [4.69, 9.17) is 11.6 Å². The number of halogens is 1. The summed E-state index contributed by atoms with van der Waals surface area (Å²) in [5.41, 5.74) is 0. The SMILES string of the molecule is CN1CCCC1.O=CNc1ccc(Cl)s1. The minimum Gasteiger partial charge on any atom is -0.320 e. The molecule has 1 N–H and O–H groups in total. The molecule has 0 unspecified atom stereocenters. The monoisotopic (exact) mass is 246 g/mol. The summed E-state index contributed by atoms with van der Waals surface area (Å²) in [6.07, 6.45) is 3.45. The van der Waals surface area contributed by atoms with E-state index < -0.39 is 0 Å². The molecule has 1 saturated heterocycles. The highest BCUT2D eigenvalue weighted by atomic mass is 35.5. The number of nitrogens with one attached hydrogen (secondary N) is 1. The van der Waals surface area contributed by atoms with Crippen molar-refractivity contribution in [1.29, 1.82) is 0 Å². The molecule has 15 heavy (non-hydrogen) atoms. The Morgan fingerprint density at radius 2 is 2.13 bits per heavy atom. The largest absolute Gasteiger partial charge is 0.320 e. The molecule has 1 fully saturated rings. The van der Waals surface area contributed by atoms with Crippen LogP contribution in [0.15, 0.2) is 12.1 Å². The van der Waals surface area contributed by atoms with Crippen LogP contribution in [0.2, 0.25) is 4.34 Å². The molecule has 0 spiro atoms. The van der Waals surface area contributed by atoms with Crippen LogP contribution in [0.25, 0.3) is 0 Å². The molecule has 1 aliphatic heterocycles. The molecule has 0 bridgehead atoms. The van der Waals surface area contributed by atoms with Crippen LogP contribution in [0.3, 0.4) is 0 Å². The lowest BCUT2D eigenvalue weighted by Gasteiger charge is -2.01. The van der Waals surface area contributed by atoms with E-state index in [9.17, 15) is 4.79 Å². The number of amides is 1. The summed E-state index contributed by atoms with van der Waals surface area (Å²) in [6, 6.07) is 3.49. The van der Waals surface area contributed by atoms with Gasteiger partial charge in [0.1, 0.15) is 0 Å². The maximum absolute atomic E-state index is 9.84. The van der Waals surface area contributed by atoms with Crippen molar-refractivity contribution < 1.29 is 4.79 Å². The summed E-state index contributed by atoms with van der Waals surface area (Å²) in [4.78, 5) is 12.2. The summed E-state index contributed by atoms with van der Waals surface area (Å²) in [5.74, 6) is 0. The second-order valence-electron chi connectivity index (χ2n) is 3.38. The van der Waals surface area contributed by atoms with Crippen LogP contribution in [-0.4, -0.2) is 31.4 Å². The Bertz CT molecular complexity index is 297. The third-order valence-electron chi connectivity index (χ3n) is 2.10. The number of rotatable bonds is 2. The topological polar surface area (TPSA) is 32.3 Å². The van der Waals surface area contributed by atoms with Gasteiger partial charge in [-0.2, -0.15) is 0 Å². The molecule has 0 aliphatic carbocycles. The average molecular weight is 247 g/mol. The van der Waals surface area contributed by atoms with Crippen LogP contribution in [0.5, 0.6) is 0 Å². The quantitative estimate of drug-likeness (QED) is 0.814. The Kier molecular flexibility index (Phi) is 5.68. The van der Waals surface area contributed by atoms with E-state index >= 15 is 0 Å². The van der Waals surface area contributed by atoms with Crippen molar-refractivity contribution in [2.75, 3.05) is 25.5 Å². The fourth-order valence-electron chi connectivity index (χ4n) is 1.33. The average Bonchev–Trinajstić information content (AvgIpc) is 2.80. The molecule has 0 aromatic carbocycles. The van der Waals surface area contributed by atoms with E-state index in [1.165, 1.54) is 37.3 Å². The van der Waals surface area contributed by atoms with Gasteiger partial charge in [0.25, 0.3) is 0 Å². The number of thiophene rings is 1. The van der Waals surface area contributed by atoms with Gasteiger partial charge in [-0.25, -0.2) is 0 Å². The lowest BCUT2D eigenvalue weighted by molar-refractivity contribution is -0.105. The van der Waals surface area contributed by atoms with Crippen LogP contribution >= 0.6 is 22.9 Å². The standard InChI is InChI=1S/C5H4ClNOS.C5H11N/c6-4-1-2-5(9-4)7-3-8;1-6-4-2-3-5-6/h1-3H,(H,7,8);2-5H2,1H3. The Hall–Kier alpha value is -0.580. The normalized spacial score (nSPS) is 15.6. The Morgan fingerprint density at radius 3 is 2.47 bits per heavy atom. The highest BCUT2D eigenvalue weighted by Gasteiger charge is 2.03. The van der Waals surface area contributed by atoms with E-state index in [2.05, 4.69) is 17.3 Å². The van der Waals surface area contributed by atoms with Crippen LogP contribution in [0.4, 0.5) is 5.00 Å². The highest BCUT2D eigenvalue weighted by Crippen LogP contribution is 2.25. The molecule has 84 valence electrons. The van der Waals surface area contributed by atoms with Gasteiger partial charge in [-0.15, -0.1) is 11.3 Å². The molecular weight excluding hydrogens is 232 g/mol. The third kappa shape index (κ3) is 5.16. The number of carbonyl (C=O) groups is 1. The fraction of sp³-hybridized carbons (Fsp3) is 0.500. The van der Waals surface area contributed by atoms with Crippen LogP contribution in [-0.2, 0) is 4.79 Å². The van der Waals surface area contributed by atoms with E-state index in [-0.39, 0.29) is 0 Å². The maximum Gasteiger partial charge on any atom is 0.212 e. The molecule has 2 heterocycles. The first-order chi connectivity index (χ1) is 7.22. The number of hydrogen-bond acceptors (Lipinski definition) is 3. The molecular formula is C10H15ClN2OS. The van der Waals surface area contributed by atoms with Crippen LogP contribution in [0.1, 0.15) is 12.8 Å². The van der Waals surface area contributed by atoms with Gasteiger partial charge < -0.3 is 10.2 Å². The minimum absolute atomic E-state index is 0.627. The first kappa shape index (κ1) is 12.5. The molecule has 1 aliphatic rings. The smallest absolute Gasteiger partial charge is 0.212 e. The van der Waals surface area contributed by atoms with Crippen molar-refractivity contribution >= 4 is 34.3 Å². The van der Waals surface area contributed by atoms with E-state index in [1.54, 1.807) is 12.1 Å². The molecule has 0 atom stereocenters. The maximum atomic E-state index is 9.84. The lowest BCUT2D eigenvalue weighted by atomic mass is 10.4. The van der Waals surface area contributed by atoms with Gasteiger partial charge >= 0.3 is 0 Å². The van der Waals surface area contributed by atoms with Crippen molar-refractivity contribution in [3.8, 4) is 0 Å². The van der Waals surface area contributed by atoms with Gasteiger partial charge in [0.2, 0.25) is 6.41 Å². The first-order valence-corrected chi connectivity index (χ1v) is 6.06. The summed E-state index contributed by atoms with van der Waals surface area (Å²) >= 11 is 6.89. The summed E-state index contributed by atoms with van der Waals surface area (Å²) in [6.45, 7) is 2.64. The van der Waals surface area contributed by atoms with Gasteiger partial charge in [0.15, 0.2) is 0 Å². The molecule has 3 nitrogen and oxygen atoms in total. The van der Waals surface area contributed by atoms with Gasteiger partial charge in [-0.3, -0.25) is 4.79 Å². The fourth-order valence-corrected chi connectivity index (χ4v) is 2.23. The lowest BCUT2D eigenvalue weighted by Crippen LogP contribution is -2.10. The molecule has 2 rings (SSSR count). The summed E-state index contributed by atoms with van der Waals surface area (Å²) in [5, 5.41) is 3.26. The zero-order valence-electron chi connectivity index (χ0n) is 8.70. The van der Waals surface area contributed by atoms with Gasteiger partial charge in [0, 0.05) is 0 Å². The number of hydrogen-bond donors (Lipinski definition) is 1. The van der Waals surface area contributed by atoms with E-state index in [0.29, 0.717) is 10.7 Å². The van der Waals surface area contributed by atoms with Crippen molar-refractivity contribution in [3.63, 3.8) is 0 Å². The Balaban J connectivity index is 0.000000162. The van der Waals surface area contributed by atoms with Crippen molar-refractivity contribution in [2.24, 2.45) is 0 Å². The molecule has 1 aromatic heterocycles. The van der Waals surface area contributed by atoms with E-state index in [0.717, 1.165) is 5.00 Å². The predicted octanol–water partition coefficient (Wildman–Crippen LogP) is 2.68. The highest BCUT2D eigenvalue weighted by molar-refractivity contribution is 7.20. The zero-order valence-corrected chi connectivity index (χ0v) is 10.3. The van der Waals surface area contributed by atoms with Gasteiger partial charge in [0.05, 0.1) is 9.34 Å². The first-order valence-electron chi connectivity index (χ1n) is 4.86. The van der Waals surface area contributed by atoms with Crippen LogP contribution < -0.4 is 5.32 Å². The second kappa shape index (κ2) is 6.82. The Morgan fingerprint density at radius 1 is 1.47 bits per heavy atom. The number of likely N-dealkylation sites (tertiary alicyclic amines) is 1. The predicted molar refractivity (Wildman–Crippen MR) is 65.7 cm³/mol. The molecule has 1 amide bonds. The van der Waals surface area contributed by atoms with Gasteiger partial charge in [-0.1, -0.05) is 11.6 Å². The van der Waals surface area contributed by atoms with Crippen molar-refractivity contribution in [2.45, 2.75) is 12.8 Å². The number of carbonyl (C=O) groups excluding carboxylic acids is 1. The van der Waals surface area contributed by atoms with Gasteiger partial charge in [-0.05, 0) is 45.1 Å². The molecule has 1 aromatic rings. The summed E-state index contributed by atoms with van der Waals surface area (Å²) < 4.78 is 0.680. The number of nitrogens with zero attached hydrogens (tertiary/aromatic N) is 1. The van der Waals surface area contributed by atoms with Crippen molar-refractivity contribution in [3.05, 3.63) is 16.5 Å². The molecule has 5 heteroatoms. The van der Waals surface area contributed by atoms with Crippen LogP contribution in [0, 0.1) is 0 Å². The van der Waals surface area contributed by atoms with E-state index in [1.807, 2.05) is 0 Å². The summed E-state index contributed by atoms with van der Waals surface area (Å²) in [7, 11) is 2.17. The molecule has 0 radical (unpaired) electrons. The third-order valence-corrected chi connectivity index (χ3v) is 3.27. The zero-order chi connectivity index (χ0) is 11.1.